The van der Waals surface area contributed by atoms with E-state index in [9.17, 15) is 9.59 Å². The normalized spacial score (nSPS) is 17.2. The Morgan fingerprint density at radius 1 is 1.48 bits per heavy atom. The largest absolute Gasteiger partial charge is 0.450 e. The van der Waals surface area contributed by atoms with Gasteiger partial charge in [-0.05, 0) is 36.8 Å². The van der Waals surface area contributed by atoms with Crippen molar-refractivity contribution in [3.8, 4) is 0 Å². The summed E-state index contributed by atoms with van der Waals surface area (Å²) in [4.78, 5) is 26.9. The number of fused-ring (bicyclic) bond motifs is 1. The summed E-state index contributed by atoms with van der Waals surface area (Å²) in [7, 11) is 0. The molecular weight excluding hydrogens is 288 g/mol. The molecule has 0 saturated heterocycles. The van der Waals surface area contributed by atoms with Crippen LogP contribution in [0.5, 0.6) is 0 Å². The van der Waals surface area contributed by atoms with Gasteiger partial charge in [0.15, 0.2) is 0 Å². The summed E-state index contributed by atoms with van der Waals surface area (Å²) in [6.45, 7) is 5.29. The lowest BCUT2D eigenvalue weighted by molar-refractivity contribution is -0.134. The van der Waals surface area contributed by atoms with Gasteiger partial charge in [0.25, 0.3) is 0 Å². The first-order chi connectivity index (χ1) is 10.2. The van der Waals surface area contributed by atoms with Gasteiger partial charge in [0.2, 0.25) is 5.91 Å². The van der Waals surface area contributed by atoms with Crippen LogP contribution in [0.25, 0.3) is 0 Å². The first kappa shape index (κ1) is 15.8. The molecule has 1 aliphatic rings. The maximum atomic E-state index is 12.4. The van der Waals surface area contributed by atoms with E-state index in [-0.39, 0.29) is 11.9 Å². The van der Waals surface area contributed by atoms with Crippen molar-refractivity contribution in [2.24, 2.45) is 0 Å². The fraction of sp³-hybridized carbons (Fsp3) is 0.600. The smallest absolute Gasteiger partial charge is 0.407 e. The molecule has 2 rings (SSSR count). The molecule has 0 fully saturated rings. The standard InChI is InChI=1S/C15H22N2O3S/c1-3-12-11-7-10-21-13(11)6-9-17(12)14(18)5-8-16-15(19)20-4-2/h7,10,12H,3-6,8-9H2,1-2H3,(H,16,19)/t12-/m0/s1. The molecule has 0 saturated carbocycles. The van der Waals surface area contributed by atoms with Crippen molar-refractivity contribution in [2.45, 2.75) is 39.2 Å². The zero-order valence-electron chi connectivity index (χ0n) is 12.6. The van der Waals surface area contributed by atoms with Crippen LogP contribution in [-0.2, 0) is 16.0 Å². The van der Waals surface area contributed by atoms with Crippen LogP contribution in [0.4, 0.5) is 4.79 Å². The predicted molar refractivity (Wildman–Crippen MR) is 82.4 cm³/mol. The molecule has 6 heteroatoms. The number of amides is 2. The molecule has 0 aromatic carbocycles. The van der Waals surface area contributed by atoms with Gasteiger partial charge in [0, 0.05) is 24.4 Å². The Hall–Kier alpha value is -1.56. The Labute approximate surface area is 129 Å². The van der Waals surface area contributed by atoms with Crippen LogP contribution in [0.3, 0.4) is 0 Å². The number of alkyl carbamates (subject to hydrolysis) is 1. The number of hydrogen-bond donors (Lipinski definition) is 1. The van der Waals surface area contributed by atoms with Gasteiger partial charge < -0.3 is 15.0 Å². The summed E-state index contributed by atoms with van der Waals surface area (Å²) in [6.07, 6.45) is 1.70. The topological polar surface area (TPSA) is 58.6 Å². The quantitative estimate of drug-likeness (QED) is 0.909. The van der Waals surface area contributed by atoms with E-state index in [0.717, 1.165) is 19.4 Å². The molecule has 5 nitrogen and oxygen atoms in total. The van der Waals surface area contributed by atoms with E-state index >= 15 is 0 Å². The maximum absolute atomic E-state index is 12.4. The van der Waals surface area contributed by atoms with Crippen LogP contribution in [0.2, 0.25) is 0 Å². The van der Waals surface area contributed by atoms with E-state index in [2.05, 4.69) is 23.7 Å². The monoisotopic (exact) mass is 310 g/mol. The Morgan fingerprint density at radius 3 is 3.00 bits per heavy atom. The molecule has 0 spiro atoms. The molecule has 2 amide bonds. The lowest BCUT2D eigenvalue weighted by atomic mass is 9.97. The zero-order valence-corrected chi connectivity index (χ0v) is 13.4. The molecule has 1 aromatic rings. The minimum absolute atomic E-state index is 0.0931. The summed E-state index contributed by atoms with van der Waals surface area (Å²) >= 11 is 1.77. The maximum Gasteiger partial charge on any atom is 0.407 e. The number of carbonyl (C=O) groups is 2. The minimum Gasteiger partial charge on any atom is -0.450 e. The Bertz CT molecular complexity index is 501. The Balaban J connectivity index is 1.89. The van der Waals surface area contributed by atoms with Crippen molar-refractivity contribution in [3.05, 3.63) is 21.9 Å². The van der Waals surface area contributed by atoms with Gasteiger partial charge in [-0.1, -0.05) is 6.92 Å². The molecule has 1 N–H and O–H groups in total. The molecule has 21 heavy (non-hydrogen) atoms. The number of carbonyl (C=O) groups excluding carboxylic acids is 2. The average molecular weight is 310 g/mol. The lowest BCUT2D eigenvalue weighted by Crippen LogP contribution is -2.40. The first-order valence-electron chi connectivity index (χ1n) is 7.43. The highest BCUT2D eigenvalue weighted by Crippen LogP contribution is 2.35. The zero-order chi connectivity index (χ0) is 15.2. The van der Waals surface area contributed by atoms with Gasteiger partial charge in [0.05, 0.1) is 12.6 Å². The second-order valence-corrected chi connectivity index (χ2v) is 5.96. The van der Waals surface area contributed by atoms with Crippen molar-refractivity contribution >= 4 is 23.3 Å². The highest BCUT2D eigenvalue weighted by Gasteiger charge is 2.29. The molecule has 1 aliphatic heterocycles. The van der Waals surface area contributed by atoms with E-state index in [1.54, 1.807) is 18.3 Å². The number of hydrogen-bond acceptors (Lipinski definition) is 4. The highest BCUT2D eigenvalue weighted by molar-refractivity contribution is 7.10. The third kappa shape index (κ3) is 3.75. The van der Waals surface area contributed by atoms with Gasteiger partial charge in [-0.15, -0.1) is 11.3 Å². The Kier molecular flexibility index (Phi) is 5.61. The van der Waals surface area contributed by atoms with Crippen LogP contribution in [0.15, 0.2) is 11.4 Å². The summed E-state index contributed by atoms with van der Waals surface area (Å²) in [5.74, 6) is 0.0931. The molecular formula is C15H22N2O3S. The minimum atomic E-state index is -0.462. The molecule has 1 aromatic heterocycles. The van der Waals surface area contributed by atoms with Crippen molar-refractivity contribution in [3.63, 3.8) is 0 Å². The summed E-state index contributed by atoms with van der Waals surface area (Å²) < 4.78 is 4.77. The van der Waals surface area contributed by atoms with E-state index in [1.165, 1.54) is 10.4 Å². The van der Waals surface area contributed by atoms with E-state index in [4.69, 9.17) is 4.74 Å². The first-order valence-corrected chi connectivity index (χ1v) is 8.31. The second-order valence-electron chi connectivity index (χ2n) is 4.96. The van der Waals surface area contributed by atoms with Gasteiger partial charge in [-0.25, -0.2) is 4.79 Å². The van der Waals surface area contributed by atoms with E-state index in [0.29, 0.717) is 19.6 Å². The van der Waals surface area contributed by atoms with E-state index < -0.39 is 6.09 Å². The van der Waals surface area contributed by atoms with Crippen LogP contribution in [0, 0.1) is 0 Å². The van der Waals surface area contributed by atoms with Crippen molar-refractivity contribution in [2.75, 3.05) is 19.7 Å². The van der Waals surface area contributed by atoms with Gasteiger partial charge in [-0.3, -0.25) is 4.79 Å². The van der Waals surface area contributed by atoms with Crippen LogP contribution < -0.4 is 5.32 Å². The molecule has 2 heterocycles. The second kappa shape index (κ2) is 7.45. The number of ether oxygens (including phenoxy) is 1. The van der Waals surface area contributed by atoms with Crippen LogP contribution >= 0.6 is 11.3 Å². The van der Waals surface area contributed by atoms with Crippen LogP contribution in [0.1, 0.15) is 43.2 Å². The lowest BCUT2D eigenvalue weighted by Gasteiger charge is -2.35. The number of nitrogens with zero attached hydrogens (tertiary/aromatic N) is 1. The van der Waals surface area contributed by atoms with Crippen LogP contribution in [-0.4, -0.2) is 36.6 Å². The molecule has 0 radical (unpaired) electrons. The summed E-state index contributed by atoms with van der Waals surface area (Å²) in [6, 6.07) is 2.31. The number of rotatable bonds is 5. The van der Waals surface area contributed by atoms with Crippen molar-refractivity contribution < 1.29 is 14.3 Å². The third-order valence-corrected chi connectivity index (χ3v) is 4.68. The summed E-state index contributed by atoms with van der Waals surface area (Å²) in [5.41, 5.74) is 1.29. The van der Waals surface area contributed by atoms with Gasteiger partial charge >= 0.3 is 6.09 Å². The van der Waals surface area contributed by atoms with Gasteiger partial charge in [-0.2, -0.15) is 0 Å². The molecule has 0 bridgehead atoms. The van der Waals surface area contributed by atoms with Gasteiger partial charge in [0.1, 0.15) is 0 Å². The predicted octanol–water partition coefficient (Wildman–Crippen LogP) is 2.72. The fourth-order valence-corrected chi connectivity index (χ4v) is 3.66. The SMILES string of the molecule is CCOC(=O)NCCC(=O)N1CCc2sccc2[C@@H]1CC. The number of thiophene rings is 1. The molecule has 1 atom stereocenters. The van der Waals surface area contributed by atoms with Crippen molar-refractivity contribution in [1.82, 2.24) is 10.2 Å². The summed E-state index contributed by atoms with van der Waals surface area (Å²) in [5, 5.41) is 4.69. The molecule has 0 aliphatic carbocycles. The molecule has 116 valence electrons. The Morgan fingerprint density at radius 2 is 2.29 bits per heavy atom. The van der Waals surface area contributed by atoms with E-state index in [1.807, 2.05) is 4.90 Å². The third-order valence-electron chi connectivity index (χ3n) is 3.69. The van der Waals surface area contributed by atoms with Crippen molar-refractivity contribution in [1.29, 1.82) is 0 Å². The highest BCUT2D eigenvalue weighted by atomic mass is 32.1. The molecule has 0 unspecified atom stereocenters. The fourth-order valence-electron chi connectivity index (χ4n) is 2.73. The average Bonchev–Trinajstić information content (AvgIpc) is 2.94. The number of nitrogens with one attached hydrogen (secondary N) is 1.